The van der Waals surface area contributed by atoms with E-state index in [9.17, 15) is 14.4 Å². The highest BCUT2D eigenvalue weighted by Crippen LogP contribution is 2.52. The molecule has 0 saturated heterocycles. The third-order valence-electron chi connectivity index (χ3n) is 6.18. The molecule has 0 bridgehead atoms. The number of hydrogen-bond donors (Lipinski definition) is 2. The van der Waals surface area contributed by atoms with Crippen molar-refractivity contribution in [3.8, 4) is 5.75 Å². The maximum absolute atomic E-state index is 14.0. The van der Waals surface area contributed by atoms with Gasteiger partial charge in [-0.05, 0) is 18.6 Å². The van der Waals surface area contributed by atoms with E-state index in [0.717, 1.165) is 5.56 Å². The van der Waals surface area contributed by atoms with Crippen LogP contribution >= 0.6 is 0 Å². The Balaban J connectivity index is 1.86. The Morgan fingerprint density at radius 2 is 1.82 bits per heavy atom. The maximum Gasteiger partial charge on any atom is 0.340 e. The molecule has 1 spiro atoms. The summed E-state index contributed by atoms with van der Waals surface area (Å²) in [5.74, 6) is -1.55. The summed E-state index contributed by atoms with van der Waals surface area (Å²) in [6.07, 6.45) is 0. The van der Waals surface area contributed by atoms with E-state index in [2.05, 4.69) is 5.32 Å². The quantitative estimate of drug-likeness (QED) is 0.600. The largest absolute Gasteiger partial charge is 0.465 e. The molecule has 33 heavy (non-hydrogen) atoms. The normalized spacial score (nSPS) is 18.4. The summed E-state index contributed by atoms with van der Waals surface area (Å²) in [6, 6.07) is 18.0. The second kappa shape index (κ2) is 7.37. The van der Waals surface area contributed by atoms with E-state index in [4.69, 9.17) is 15.2 Å². The van der Waals surface area contributed by atoms with Crippen molar-refractivity contribution in [2.24, 2.45) is 5.73 Å². The van der Waals surface area contributed by atoms with Crippen LogP contribution in [-0.4, -0.2) is 23.6 Å². The van der Waals surface area contributed by atoms with Gasteiger partial charge < -0.3 is 25.1 Å². The van der Waals surface area contributed by atoms with Crippen LogP contribution in [0.1, 0.15) is 22.4 Å². The van der Waals surface area contributed by atoms with Gasteiger partial charge in [0.25, 0.3) is 5.56 Å². The average Bonchev–Trinajstić information content (AvgIpc) is 3.08. The number of ether oxygens (including phenoxy) is 2. The molecule has 0 radical (unpaired) electrons. The van der Waals surface area contributed by atoms with Gasteiger partial charge in [-0.25, -0.2) is 4.79 Å². The van der Waals surface area contributed by atoms with Crippen LogP contribution in [0.25, 0.3) is 0 Å². The minimum absolute atomic E-state index is 0.0288. The van der Waals surface area contributed by atoms with Gasteiger partial charge in [-0.1, -0.05) is 48.5 Å². The summed E-state index contributed by atoms with van der Waals surface area (Å²) in [6.45, 7) is 2.06. The molecule has 3 N–H and O–H groups in total. The van der Waals surface area contributed by atoms with Crippen LogP contribution in [-0.2, 0) is 26.3 Å². The first-order valence-corrected chi connectivity index (χ1v) is 10.4. The third kappa shape index (κ3) is 2.80. The van der Waals surface area contributed by atoms with Crippen molar-refractivity contribution in [2.45, 2.75) is 18.9 Å². The van der Waals surface area contributed by atoms with Gasteiger partial charge in [0.05, 0.1) is 19.2 Å². The van der Waals surface area contributed by atoms with Crippen molar-refractivity contribution in [1.29, 1.82) is 0 Å². The smallest absolute Gasteiger partial charge is 0.340 e. The van der Waals surface area contributed by atoms with Crippen LogP contribution in [0.5, 0.6) is 5.75 Å². The Hall–Kier alpha value is -4.33. The van der Waals surface area contributed by atoms with Crippen LogP contribution in [0, 0.1) is 6.92 Å². The molecule has 8 heteroatoms. The van der Waals surface area contributed by atoms with E-state index in [1.807, 2.05) is 30.3 Å². The Bertz CT molecular complexity index is 1410. The third-order valence-corrected chi connectivity index (χ3v) is 6.18. The number of para-hydroxylation sites is 1. The van der Waals surface area contributed by atoms with Crippen LogP contribution < -0.4 is 21.3 Å². The SMILES string of the molecule is COC(=O)C1=C(N)Oc2cc(C)n(Cc3ccccc3)c(=O)c2[C@]12C(=O)Nc1ccccc12. The number of fused-ring (bicyclic) bond motifs is 4. The average molecular weight is 443 g/mol. The first-order chi connectivity index (χ1) is 15.9. The van der Waals surface area contributed by atoms with E-state index in [0.29, 0.717) is 16.9 Å². The van der Waals surface area contributed by atoms with Crippen molar-refractivity contribution in [2.75, 3.05) is 12.4 Å². The predicted molar refractivity (Wildman–Crippen MR) is 121 cm³/mol. The fourth-order valence-corrected chi connectivity index (χ4v) is 4.72. The Morgan fingerprint density at radius 1 is 1.12 bits per heavy atom. The number of amides is 1. The lowest BCUT2D eigenvalue weighted by Crippen LogP contribution is -2.50. The van der Waals surface area contributed by atoms with E-state index in [1.54, 1.807) is 41.8 Å². The molecule has 166 valence electrons. The zero-order valence-corrected chi connectivity index (χ0v) is 18.0. The number of aryl methyl sites for hydroxylation is 1. The zero-order valence-electron chi connectivity index (χ0n) is 18.0. The Labute approximate surface area is 189 Å². The standard InChI is InChI=1S/C25H21N3O5/c1-14-12-18-19(22(29)28(14)13-15-8-4-3-5-9-15)25(20(21(26)33-18)23(30)32-2)16-10-6-7-11-17(16)27-24(25)31/h3-12H,13,26H2,1-2H3,(H,27,31)/t25-/m0/s1. The molecule has 0 unspecified atom stereocenters. The lowest BCUT2D eigenvalue weighted by Gasteiger charge is -2.35. The number of pyridine rings is 1. The van der Waals surface area contributed by atoms with Gasteiger partial charge in [-0.3, -0.25) is 9.59 Å². The van der Waals surface area contributed by atoms with Crippen LogP contribution in [0.2, 0.25) is 0 Å². The first kappa shape index (κ1) is 20.6. The molecule has 1 amide bonds. The predicted octanol–water partition coefficient (Wildman–Crippen LogP) is 2.18. The molecule has 0 fully saturated rings. The summed E-state index contributed by atoms with van der Waals surface area (Å²) >= 11 is 0. The van der Waals surface area contributed by atoms with Gasteiger partial charge in [0, 0.05) is 23.0 Å². The number of anilines is 1. The fourth-order valence-electron chi connectivity index (χ4n) is 4.72. The van der Waals surface area contributed by atoms with Gasteiger partial charge in [0.2, 0.25) is 11.8 Å². The maximum atomic E-state index is 14.0. The molecule has 2 aromatic carbocycles. The molecule has 0 aliphatic carbocycles. The highest BCUT2D eigenvalue weighted by atomic mass is 16.5. The Kier molecular flexibility index (Phi) is 4.59. The number of rotatable bonds is 3. The molecular formula is C25H21N3O5. The topological polar surface area (TPSA) is 113 Å². The number of carbonyl (C=O) groups is 2. The van der Waals surface area contributed by atoms with Crippen molar-refractivity contribution in [3.63, 3.8) is 0 Å². The second-order valence-electron chi connectivity index (χ2n) is 7.98. The van der Waals surface area contributed by atoms with Crippen molar-refractivity contribution >= 4 is 17.6 Å². The van der Waals surface area contributed by atoms with Crippen LogP contribution in [0.3, 0.4) is 0 Å². The minimum atomic E-state index is -1.80. The summed E-state index contributed by atoms with van der Waals surface area (Å²) in [7, 11) is 1.19. The summed E-state index contributed by atoms with van der Waals surface area (Å²) in [5, 5.41) is 2.80. The highest BCUT2D eigenvalue weighted by molar-refractivity contribution is 6.17. The minimum Gasteiger partial charge on any atom is -0.465 e. The molecule has 0 saturated carbocycles. The van der Waals surface area contributed by atoms with E-state index < -0.39 is 22.9 Å². The Morgan fingerprint density at radius 3 is 2.55 bits per heavy atom. The lowest BCUT2D eigenvalue weighted by molar-refractivity contribution is -0.138. The molecule has 2 aliphatic heterocycles. The second-order valence-corrected chi connectivity index (χ2v) is 7.98. The van der Waals surface area contributed by atoms with Crippen LogP contribution in [0.4, 0.5) is 5.69 Å². The number of esters is 1. The van der Waals surface area contributed by atoms with Crippen molar-refractivity contribution < 1.29 is 19.1 Å². The van der Waals surface area contributed by atoms with E-state index >= 15 is 0 Å². The summed E-state index contributed by atoms with van der Waals surface area (Å²) in [4.78, 5) is 40.6. The van der Waals surface area contributed by atoms with Crippen molar-refractivity contribution in [3.05, 3.63) is 105 Å². The molecule has 5 rings (SSSR count). The van der Waals surface area contributed by atoms with Gasteiger partial charge in [0.15, 0.2) is 0 Å². The number of nitrogens with two attached hydrogens (primary N) is 1. The molecule has 1 atom stereocenters. The van der Waals surface area contributed by atoms with Gasteiger partial charge in [0.1, 0.15) is 16.7 Å². The number of nitrogens with one attached hydrogen (secondary N) is 1. The van der Waals surface area contributed by atoms with Crippen LogP contribution in [0.15, 0.2) is 76.9 Å². The van der Waals surface area contributed by atoms with Gasteiger partial charge in [-0.2, -0.15) is 0 Å². The van der Waals surface area contributed by atoms with Gasteiger partial charge in [-0.15, -0.1) is 0 Å². The molecule has 3 aromatic rings. The number of benzene rings is 2. The first-order valence-electron chi connectivity index (χ1n) is 10.4. The number of nitrogens with zero attached hydrogens (tertiary/aromatic N) is 1. The summed E-state index contributed by atoms with van der Waals surface area (Å²) in [5.41, 5.74) is 6.20. The molecule has 8 nitrogen and oxygen atoms in total. The highest BCUT2D eigenvalue weighted by Gasteiger charge is 2.60. The molecular weight excluding hydrogens is 422 g/mol. The van der Waals surface area contributed by atoms with Gasteiger partial charge >= 0.3 is 5.97 Å². The molecule has 2 aliphatic rings. The zero-order chi connectivity index (χ0) is 23.3. The number of carbonyl (C=O) groups excluding carboxylic acids is 2. The number of hydrogen-bond acceptors (Lipinski definition) is 6. The van der Waals surface area contributed by atoms with Crippen molar-refractivity contribution in [1.82, 2.24) is 4.57 Å². The number of methoxy groups -OCH3 is 1. The molecule has 1 aromatic heterocycles. The van der Waals surface area contributed by atoms with E-state index in [1.165, 1.54) is 7.11 Å². The van der Waals surface area contributed by atoms with E-state index in [-0.39, 0.29) is 29.3 Å². The molecule has 3 heterocycles. The fraction of sp³-hybridized carbons (Fsp3) is 0.160. The monoisotopic (exact) mass is 443 g/mol. The lowest BCUT2D eigenvalue weighted by atomic mass is 9.68. The summed E-state index contributed by atoms with van der Waals surface area (Å²) < 4.78 is 12.3. The number of aromatic nitrogens is 1.